The minimum absolute atomic E-state index is 0.110. The molecule has 0 atom stereocenters. The van der Waals surface area contributed by atoms with Gasteiger partial charge in [-0.15, -0.1) is 0 Å². The summed E-state index contributed by atoms with van der Waals surface area (Å²) >= 11 is 2.85. The van der Waals surface area contributed by atoms with Gasteiger partial charge in [-0.2, -0.15) is 0 Å². The Hall–Kier alpha value is -2.84. The molecule has 0 fully saturated rings. The van der Waals surface area contributed by atoms with Gasteiger partial charge in [-0.1, -0.05) is 35.2 Å². The zero-order chi connectivity index (χ0) is 19.5. The third kappa shape index (κ3) is 4.02. The molecule has 0 radical (unpaired) electrons. The summed E-state index contributed by atoms with van der Waals surface area (Å²) in [6, 6.07) is 13.8. The van der Waals surface area contributed by atoms with Crippen molar-refractivity contribution in [2.24, 2.45) is 0 Å². The van der Waals surface area contributed by atoms with Gasteiger partial charge in [0, 0.05) is 18.5 Å². The molecule has 142 valence electrons. The summed E-state index contributed by atoms with van der Waals surface area (Å²) in [7, 11) is 1.64. The monoisotopic (exact) mass is 410 g/mol. The van der Waals surface area contributed by atoms with Gasteiger partial charge in [-0.05, 0) is 36.8 Å². The van der Waals surface area contributed by atoms with Gasteiger partial charge >= 0.3 is 0 Å². The lowest BCUT2D eigenvalue weighted by atomic mass is 10.2. The van der Waals surface area contributed by atoms with E-state index in [0.29, 0.717) is 5.13 Å². The highest BCUT2D eigenvalue weighted by Gasteiger charge is 2.12. The Kier molecular flexibility index (Phi) is 5.31. The number of methoxy groups -OCH3 is 1. The Morgan fingerprint density at radius 1 is 1.29 bits per heavy atom. The smallest absolute Gasteiger partial charge is 0.236 e. The third-order valence-electron chi connectivity index (χ3n) is 4.06. The first-order valence-electron chi connectivity index (χ1n) is 8.60. The van der Waals surface area contributed by atoms with Crippen LogP contribution in [-0.2, 0) is 4.79 Å². The van der Waals surface area contributed by atoms with Gasteiger partial charge in [0.25, 0.3) is 0 Å². The predicted octanol–water partition coefficient (Wildman–Crippen LogP) is 4.53. The van der Waals surface area contributed by atoms with E-state index >= 15 is 0 Å². The quantitative estimate of drug-likeness (QED) is 0.473. The van der Waals surface area contributed by atoms with Crippen molar-refractivity contribution >= 4 is 44.4 Å². The minimum Gasteiger partial charge on any atom is -0.497 e. The van der Waals surface area contributed by atoms with E-state index in [1.807, 2.05) is 54.1 Å². The molecule has 0 unspecified atom stereocenters. The van der Waals surface area contributed by atoms with Crippen molar-refractivity contribution in [3.8, 4) is 11.4 Å². The number of nitrogens with zero attached hydrogens (tertiary/aromatic N) is 3. The molecule has 0 aliphatic heterocycles. The molecule has 0 saturated carbocycles. The molecule has 8 heteroatoms. The zero-order valence-corrected chi connectivity index (χ0v) is 17.0. The molecule has 0 aliphatic rings. The first-order chi connectivity index (χ1) is 13.6. The van der Waals surface area contributed by atoms with E-state index in [2.05, 4.69) is 21.4 Å². The van der Waals surface area contributed by atoms with E-state index in [1.165, 1.54) is 28.7 Å². The Labute approximate surface area is 170 Å². The minimum atomic E-state index is -0.110. The Bertz CT molecular complexity index is 1140. The molecule has 2 heterocycles. The number of anilines is 1. The van der Waals surface area contributed by atoms with Crippen LogP contribution in [0.5, 0.6) is 5.75 Å². The average Bonchev–Trinajstić information content (AvgIpc) is 3.32. The SMILES string of the molecule is COc1cccc(-n2ccnc2SCC(=O)Nc2nc3ccc(C)cc3s2)c1. The lowest BCUT2D eigenvalue weighted by molar-refractivity contribution is -0.113. The van der Waals surface area contributed by atoms with Crippen LogP contribution in [0.3, 0.4) is 0 Å². The molecular weight excluding hydrogens is 392 g/mol. The van der Waals surface area contributed by atoms with E-state index in [4.69, 9.17) is 4.74 Å². The fraction of sp³-hybridized carbons (Fsp3) is 0.150. The molecule has 1 N–H and O–H groups in total. The van der Waals surface area contributed by atoms with E-state index in [-0.39, 0.29) is 11.7 Å². The van der Waals surface area contributed by atoms with Gasteiger partial charge in [-0.25, -0.2) is 9.97 Å². The number of thioether (sulfide) groups is 1. The van der Waals surface area contributed by atoms with Crippen LogP contribution in [0.25, 0.3) is 15.9 Å². The number of hydrogen-bond donors (Lipinski definition) is 1. The second-order valence-corrected chi connectivity index (χ2v) is 8.08. The predicted molar refractivity (Wildman–Crippen MR) is 114 cm³/mol. The number of aromatic nitrogens is 3. The molecule has 1 amide bonds. The fourth-order valence-corrected chi connectivity index (χ4v) is 4.48. The maximum atomic E-state index is 12.4. The Morgan fingerprint density at radius 2 is 2.18 bits per heavy atom. The van der Waals surface area contributed by atoms with Crippen molar-refractivity contribution in [3.05, 3.63) is 60.4 Å². The van der Waals surface area contributed by atoms with Crippen LogP contribution in [0, 0.1) is 6.92 Å². The number of aryl methyl sites for hydroxylation is 1. The molecule has 2 aromatic heterocycles. The second kappa shape index (κ2) is 8.04. The first-order valence-corrected chi connectivity index (χ1v) is 10.4. The number of fused-ring (bicyclic) bond motifs is 1. The van der Waals surface area contributed by atoms with E-state index in [0.717, 1.165) is 26.8 Å². The summed E-state index contributed by atoms with van der Waals surface area (Å²) in [6.07, 6.45) is 3.58. The summed E-state index contributed by atoms with van der Waals surface area (Å²) in [5, 5.41) is 4.23. The number of amides is 1. The van der Waals surface area contributed by atoms with E-state index in [1.54, 1.807) is 13.3 Å². The number of imidazole rings is 1. The van der Waals surface area contributed by atoms with Gasteiger partial charge in [0.15, 0.2) is 10.3 Å². The number of nitrogens with one attached hydrogen (secondary N) is 1. The van der Waals surface area contributed by atoms with Crippen molar-refractivity contribution < 1.29 is 9.53 Å². The second-order valence-electron chi connectivity index (χ2n) is 6.11. The third-order valence-corrected chi connectivity index (χ3v) is 5.96. The molecule has 6 nitrogen and oxygen atoms in total. The molecule has 28 heavy (non-hydrogen) atoms. The van der Waals surface area contributed by atoms with Crippen molar-refractivity contribution in [2.45, 2.75) is 12.1 Å². The van der Waals surface area contributed by atoms with Crippen molar-refractivity contribution in [1.82, 2.24) is 14.5 Å². The number of benzene rings is 2. The summed E-state index contributed by atoms with van der Waals surface area (Å²) in [6.45, 7) is 2.04. The van der Waals surface area contributed by atoms with Crippen LogP contribution in [-0.4, -0.2) is 33.3 Å². The number of ether oxygens (including phenoxy) is 1. The van der Waals surface area contributed by atoms with Gasteiger partial charge in [0.2, 0.25) is 5.91 Å². The molecule has 0 aliphatic carbocycles. The van der Waals surface area contributed by atoms with Crippen molar-refractivity contribution in [1.29, 1.82) is 0 Å². The Morgan fingerprint density at radius 3 is 3.04 bits per heavy atom. The normalized spacial score (nSPS) is 10.9. The lowest BCUT2D eigenvalue weighted by Crippen LogP contribution is -2.14. The topological polar surface area (TPSA) is 69.0 Å². The molecule has 0 spiro atoms. The van der Waals surface area contributed by atoms with Crippen LogP contribution in [0.4, 0.5) is 5.13 Å². The number of carbonyl (C=O) groups excluding carboxylic acids is 1. The molecule has 4 rings (SSSR count). The zero-order valence-electron chi connectivity index (χ0n) is 15.4. The van der Waals surface area contributed by atoms with E-state index in [9.17, 15) is 4.79 Å². The highest BCUT2D eigenvalue weighted by atomic mass is 32.2. The van der Waals surface area contributed by atoms with Crippen LogP contribution in [0.2, 0.25) is 0 Å². The van der Waals surface area contributed by atoms with Gasteiger partial charge in [0.1, 0.15) is 5.75 Å². The van der Waals surface area contributed by atoms with Gasteiger partial charge in [-0.3, -0.25) is 9.36 Å². The first kappa shape index (κ1) is 18.5. The van der Waals surface area contributed by atoms with E-state index < -0.39 is 0 Å². The average molecular weight is 411 g/mol. The van der Waals surface area contributed by atoms with Crippen LogP contribution < -0.4 is 10.1 Å². The Balaban J connectivity index is 1.43. The van der Waals surface area contributed by atoms with Crippen LogP contribution in [0.1, 0.15) is 5.56 Å². The molecule has 4 aromatic rings. The molecule has 2 aromatic carbocycles. The highest BCUT2D eigenvalue weighted by Crippen LogP contribution is 2.27. The molecule has 0 saturated heterocycles. The summed E-state index contributed by atoms with van der Waals surface area (Å²) < 4.78 is 8.28. The highest BCUT2D eigenvalue weighted by molar-refractivity contribution is 7.99. The lowest BCUT2D eigenvalue weighted by Gasteiger charge is -2.09. The van der Waals surface area contributed by atoms with Crippen LogP contribution >= 0.6 is 23.1 Å². The van der Waals surface area contributed by atoms with Gasteiger partial charge in [0.05, 0.1) is 28.8 Å². The summed E-state index contributed by atoms with van der Waals surface area (Å²) in [5.41, 5.74) is 3.00. The maximum Gasteiger partial charge on any atom is 0.236 e. The largest absolute Gasteiger partial charge is 0.497 e. The number of thiazole rings is 1. The molecule has 0 bridgehead atoms. The fourth-order valence-electron chi connectivity index (χ4n) is 2.72. The van der Waals surface area contributed by atoms with Crippen LogP contribution in [0.15, 0.2) is 60.0 Å². The number of hydrogen-bond acceptors (Lipinski definition) is 6. The summed E-state index contributed by atoms with van der Waals surface area (Å²) in [5.74, 6) is 0.905. The standard InChI is InChI=1S/C20H18N4O2S2/c1-13-6-7-16-17(10-13)28-19(22-16)23-18(25)12-27-20-21-8-9-24(20)14-4-3-5-15(11-14)26-2/h3-11H,12H2,1-2H3,(H,22,23,25). The number of carbonyl (C=O) groups is 1. The maximum absolute atomic E-state index is 12.4. The summed E-state index contributed by atoms with van der Waals surface area (Å²) in [4.78, 5) is 21.2. The number of rotatable bonds is 6. The van der Waals surface area contributed by atoms with Crippen molar-refractivity contribution in [3.63, 3.8) is 0 Å². The van der Waals surface area contributed by atoms with Crippen molar-refractivity contribution in [2.75, 3.05) is 18.2 Å². The van der Waals surface area contributed by atoms with Gasteiger partial charge < -0.3 is 10.1 Å². The molecular formula is C20H18N4O2S2.